The third kappa shape index (κ3) is 2.90. The van der Waals surface area contributed by atoms with Crippen LogP contribution in [-0.4, -0.2) is 40.6 Å². The lowest BCUT2D eigenvalue weighted by Crippen LogP contribution is -2.34. The maximum absolute atomic E-state index is 12.6. The van der Waals surface area contributed by atoms with Gasteiger partial charge in [-0.05, 0) is 43.9 Å². The van der Waals surface area contributed by atoms with Crippen LogP contribution in [0.5, 0.6) is 0 Å². The number of pyridine rings is 2. The molecule has 27 heavy (non-hydrogen) atoms. The number of aryl methyl sites for hydroxylation is 1. The van der Waals surface area contributed by atoms with Gasteiger partial charge in [-0.15, -0.1) is 0 Å². The van der Waals surface area contributed by atoms with Crippen LogP contribution in [0.1, 0.15) is 24.2 Å². The van der Waals surface area contributed by atoms with Gasteiger partial charge in [-0.25, -0.2) is 4.98 Å². The van der Waals surface area contributed by atoms with Crippen LogP contribution in [0.2, 0.25) is 0 Å². The molecule has 3 aromatic rings. The molecule has 1 N–H and O–H groups in total. The highest BCUT2D eigenvalue weighted by atomic mass is 16.5. The van der Waals surface area contributed by atoms with E-state index in [1.165, 1.54) is 0 Å². The average Bonchev–Trinajstić information content (AvgIpc) is 3.25. The van der Waals surface area contributed by atoms with Gasteiger partial charge in [0.25, 0.3) is 0 Å². The Balaban J connectivity index is 1.51. The molecule has 1 amide bonds. The number of fused-ring (bicyclic) bond motifs is 2. The summed E-state index contributed by atoms with van der Waals surface area (Å²) < 4.78 is 5.45. The van der Waals surface area contributed by atoms with Gasteiger partial charge >= 0.3 is 0 Å². The zero-order valence-corrected chi connectivity index (χ0v) is 15.4. The monoisotopic (exact) mass is 362 g/mol. The Labute approximate surface area is 157 Å². The first-order valence-electron chi connectivity index (χ1n) is 9.51. The predicted molar refractivity (Wildman–Crippen MR) is 104 cm³/mol. The molecule has 5 rings (SSSR count). The molecule has 0 bridgehead atoms. The Morgan fingerprint density at radius 1 is 1.30 bits per heavy atom. The normalized spacial score (nSPS) is 17.7. The van der Waals surface area contributed by atoms with Gasteiger partial charge in [0.2, 0.25) is 5.91 Å². The predicted octanol–water partition coefficient (Wildman–Crippen LogP) is 3.25. The molecule has 0 radical (unpaired) electrons. The van der Waals surface area contributed by atoms with Crippen molar-refractivity contribution in [2.75, 3.05) is 24.7 Å². The fourth-order valence-electron chi connectivity index (χ4n) is 4.13. The largest absolute Gasteiger partial charge is 0.381 e. The van der Waals surface area contributed by atoms with E-state index < -0.39 is 0 Å². The molecule has 0 aliphatic carbocycles. The lowest BCUT2D eigenvalue weighted by molar-refractivity contribution is -0.117. The number of nitrogens with one attached hydrogen (secondary N) is 1. The SMILES string of the molecule is Cc1nc2[nH]ccc2cc1-c1cnc2c(c1)N(CC1CCOCC1)C(=O)C2. The molecule has 0 aromatic carbocycles. The van der Waals surface area contributed by atoms with Gasteiger partial charge in [-0.3, -0.25) is 9.78 Å². The van der Waals surface area contributed by atoms with Gasteiger partial charge in [0.15, 0.2) is 0 Å². The number of carbonyl (C=O) groups is 1. The number of carbonyl (C=O) groups excluding carboxylic acids is 1. The fourth-order valence-corrected chi connectivity index (χ4v) is 4.13. The van der Waals surface area contributed by atoms with Crippen molar-refractivity contribution in [1.82, 2.24) is 15.0 Å². The summed E-state index contributed by atoms with van der Waals surface area (Å²) in [5.74, 6) is 0.647. The molecule has 0 spiro atoms. The molecular formula is C21H22N4O2. The van der Waals surface area contributed by atoms with Crippen molar-refractivity contribution in [3.05, 3.63) is 42.0 Å². The molecule has 0 atom stereocenters. The van der Waals surface area contributed by atoms with E-state index in [2.05, 4.69) is 27.1 Å². The number of anilines is 1. The van der Waals surface area contributed by atoms with E-state index in [-0.39, 0.29) is 5.91 Å². The van der Waals surface area contributed by atoms with Crippen LogP contribution in [0.4, 0.5) is 5.69 Å². The van der Waals surface area contributed by atoms with Crippen LogP contribution < -0.4 is 4.90 Å². The van der Waals surface area contributed by atoms with Crippen LogP contribution in [-0.2, 0) is 16.0 Å². The van der Waals surface area contributed by atoms with E-state index in [1.807, 2.05) is 30.3 Å². The van der Waals surface area contributed by atoms with Crippen molar-refractivity contribution in [2.45, 2.75) is 26.2 Å². The van der Waals surface area contributed by atoms with Gasteiger partial charge in [0, 0.05) is 54.4 Å². The molecule has 1 saturated heterocycles. The minimum absolute atomic E-state index is 0.150. The van der Waals surface area contributed by atoms with Crippen LogP contribution in [0.3, 0.4) is 0 Å². The lowest BCUT2D eigenvalue weighted by atomic mass is 9.99. The molecule has 2 aliphatic rings. The van der Waals surface area contributed by atoms with E-state index in [0.717, 1.165) is 71.8 Å². The molecule has 2 aliphatic heterocycles. The second-order valence-electron chi connectivity index (χ2n) is 7.46. The van der Waals surface area contributed by atoms with Gasteiger partial charge in [-0.2, -0.15) is 0 Å². The minimum Gasteiger partial charge on any atom is -0.381 e. The van der Waals surface area contributed by atoms with Crippen molar-refractivity contribution in [3.63, 3.8) is 0 Å². The quantitative estimate of drug-likeness (QED) is 0.776. The first kappa shape index (κ1) is 16.4. The van der Waals surface area contributed by atoms with E-state index >= 15 is 0 Å². The summed E-state index contributed by atoms with van der Waals surface area (Å²) in [5, 5.41) is 1.08. The number of hydrogen-bond acceptors (Lipinski definition) is 4. The van der Waals surface area contributed by atoms with E-state index in [9.17, 15) is 4.79 Å². The Morgan fingerprint density at radius 2 is 2.15 bits per heavy atom. The lowest BCUT2D eigenvalue weighted by Gasteiger charge is -2.27. The number of ether oxygens (including phenoxy) is 1. The zero-order valence-electron chi connectivity index (χ0n) is 15.4. The number of aromatic nitrogens is 3. The molecule has 6 nitrogen and oxygen atoms in total. The van der Waals surface area contributed by atoms with E-state index in [0.29, 0.717) is 12.3 Å². The summed E-state index contributed by atoms with van der Waals surface area (Å²) in [4.78, 5) is 26.9. The summed E-state index contributed by atoms with van der Waals surface area (Å²) in [6.07, 6.45) is 6.19. The summed E-state index contributed by atoms with van der Waals surface area (Å²) in [5.41, 5.74) is 5.74. The second kappa shape index (κ2) is 6.46. The first-order chi connectivity index (χ1) is 13.2. The maximum Gasteiger partial charge on any atom is 0.233 e. The van der Waals surface area contributed by atoms with Crippen molar-refractivity contribution in [2.24, 2.45) is 5.92 Å². The Morgan fingerprint density at radius 3 is 3.00 bits per heavy atom. The minimum atomic E-state index is 0.150. The standard InChI is InChI=1S/C21H22N4O2/c1-13-17(8-15-2-5-22-21(15)24-13)16-9-19-18(23-11-16)10-20(26)25(19)12-14-3-6-27-7-4-14/h2,5,8-9,11,14H,3-4,6-7,10,12H2,1H3,(H,22,24). The zero-order chi connectivity index (χ0) is 18.4. The molecule has 138 valence electrons. The number of H-pyrrole nitrogens is 1. The number of rotatable bonds is 3. The Hall–Kier alpha value is -2.73. The van der Waals surface area contributed by atoms with Gasteiger partial charge in [-0.1, -0.05) is 0 Å². The van der Waals surface area contributed by atoms with Gasteiger partial charge in [0.1, 0.15) is 5.65 Å². The molecule has 5 heterocycles. The van der Waals surface area contributed by atoms with Gasteiger partial charge < -0.3 is 14.6 Å². The van der Waals surface area contributed by atoms with Crippen molar-refractivity contribution >= 4 is 22.6 Å². The van der Waals surface area contributed by atoms with Gasteiger partial charge in [0.05, 0.1) is 17.8 Å². The molecular weight excluding hydrogens is 340 g/mol. The molecule has 1 fully saturated rings. The summed E-state index contributed by atoms with van der Waals surface area (Å²) >= 11 is 0. The summed E-state index contributed by atoms with van der Waals surface area (Å²) in [6, 6.07) is 6.26. The highest BCUT2D eigenvalue weighted by molar-refractivity contribution is 6.01. The fraction of sp³-hybridized carbons (Fsp3) is 0.381. The highest BCUT2D eigenvalue weighted by Crippen LogP contribution is 2.34. The Bertz CT molecular complexity index is 1020. The topological polar surface area (TPSA) is 71.1 Å². The highest BCUT2D eigenvalue weighted by Gasteiger charge is 2.31. The average molecular weight is 362 g/mol. The van der Waals surface area contributed by atoms with Crippen LogP contribution in [0.15, 0.2) is 30.6 Å². The molecule has 3 aromatic heterocycles. The molecule has 0 unspecified atom stereocenters. The van der Waals surface area contributed by atoms with E-state index in [4.69, 9.17) is 4.74 Å². The molecule has 0 saturated carbocycles. The number of nitrogens with zero attached hydrogens (tertiary/aromatic N) is 3. The van der Waals surface area contributed by atoms with E-state index in [1.54, 1.807) is 0 Å². The van der Waals surface area contributed by atoms with Crippen molar-refractivity contribution in [3.8, 4) is 11.1 Å². The number of hydrogen-bond donors (Lipinski definition) is 1. The smallest absolute Gasteiger partial charge is 0.233 e. The number of aromatic amines is 1. The second-order valence-corrected chi connectivity index (χ2v) is 7.46. The van der Waals surface area contributed by atoms with Crippen LogP contribution in [0, 0.1) is 12.8 Å². The summed E-state index contributed by atoms with van der Waals surface area (Å²) in [7, 11) is 0. The maximum atomic E-state index is 12.6. The Kier molecular flexibility index (Phi) is 3.93. The number of amides is 1. The third-order valence-electron chi connectivity index (χ3n) is 5.68. The third-order valence-corrected chi connectivity index (χ3v) is 5.68. The van der Waals surface area contributed by atoms with Crippen LogP contribution in [0.25, 0.3) is 22.2 Å². The summed E-state index contributed by atoms with van der Waals surface area (Å²) in [6.45, 7) is 4.35. The van der Waals surface area contributed by atoms with Crippen LogP contribution >= 0.6 is 0 Å². The first-order valence-corrected chi connectivity index (χ1v) is 9.51. The van der Waals surface area contributed by atoms with Crippen molar-refractivity contribution in [1.29, 1.82) is 0 Å². The van der Waals surface area contributed by atoms with Crippen molar-refractivity contribution < 1.29 is 9.53 Å². The molecule has 6 heteroatoms.